The molecule has 0 spiro atoms. The Morgan fingerprint density at radius 1 is 0.910 bits per heavy atom. The lowest BCUT2D eigenvalue weighted by molar-refractivity contribution is -0.150. The summed E-state index contributed by atoms with van der Waals surface area (Å²) in [5, 5.41) is 3.42. The van der Waals surface area contributed by atoms with Gasteiger partial charge in [-0.1, -0.05) is 76.5 Å². The SMILES string of the molecule is CC[C@H](C)[C@@H]([C@@H](CC(=O)N1CCC[C@H]1[C@H](OC)[C@@H](C)C(=O)C[C@@H](Cc1ccccc1)[P+](=O)OC)OC)N(C)C(=O)[C@@H](CC(=O)[C@@H]1[C@H]2CC[C@H](C2)N1C(=O)CCOCCOCCN=[N+]=[N-])C(C)C. The number of piperidine rings is 1. The molecular formula is C49H78N6O11P+. The third-order valence-corrected chi connectivity index (χ3v) is 15.9. The van der Waals surface area contributed by atoms with Crippen LogP contribution in [0.4, 0.5) is 0 Å². The van der Waals surface area contributed by atoms with Crippen LogP contribution < -0.4 is 0 Å². The van der Waals surface area contributed by atoms with E-state index in [2.05, 4.69) is 10.0 Å². The summed E-state index contributed by atoms with van der Waals surface area (Å²) in [4.78, 5) is 79.0. The maximum absolute atomic E-state index is 14.7. The van der Waals surface area contributed by atoms with E-state index >= 15 is 0 Å². The summed E-state index contributed by atoms with van der Waals surface area (Å²) in [6.45, 7) is 11.5. The van der Waals surface area contributed by atoms with Crippen molar-refractivity contribution in [3.05, 3.63) is 46.3 Å². The van der Waals surface area contributed by atoms with Crippen molar-refractivity contribution >= 4 is 37.3 Å². The number of hydrogen-bond donors (Lipinski definition) is 0. The zero-order valence-electron chi connectivity index (χ0n) is 41.5. The molecule has 4 rings (SSSR count). The Balaban J connectivity index is 1.42. The van der Waals surface area contributed by atoms with Crippen molar-refractivity contribution in [2.75, 3.05) is 67.9 Å². The van der Waals surface area contributed by atoms with Crippen molar-refractivity contribution in [1.29, 1.82) is 0 Å². The quantitative estimate of drug-likeness (QED) is 0.0239. The van der Waals surface area contributed by atoms with Crippen LogP contribution in [0, 0.1) is 29.6 Å². The van der Waals surface area contributed by atoms with E-state index in [0.717, 1.165) is 31.2 Å². The highest BCUT2D eigenvalue weighted by Gasteiger charge is 2.52. The number of Topliss-reactive ketones (excluding diaryl/α,β-unsaturated/α-hetero) is 2. The Morgan fingerprint density at radius 2 is 1.61 bits per heavy atom. The zero-order valence-corrected chi connectivity index (χ0v) is 42.4. The van der Waals surface area contributed by atoms with Gasteiger partial charge in [0.2, 0.25) is 17.7 Å². The monoisotopic (exact) mass is 958 g/mol. The summed E-state index contributed by atoms with van der Waals surface area (Å²) in [5.74, 6) is -2.16. The van der Waals surface area contributed by atoms with Gasteiger partial charge >= 0.3 is 8.03 Å². The first kappa shape index (κ1) is 55.8. The molecule has 1 saturated carbocycles. The number of nitrogens with zero attached hydrogens (tertiary/aromatic N) is 6. The fraction of sp³-hybridized carbons (Fsp3) is 0.776. The normalized spacial score (nSPS) is 22.4. The summed E-state index contributed by atoms with van der Waals surface area (Å²) < 4.78 is 41.3. The van der Waals surface area contributed by atoms with Crippen LogP contribution in [0.3, 0.4) is 0 Å². The van der Waals surface area contributed by atoms with E-state index in [1.165, 1.54) is 7.11 Å². The molecule has 0 radical (unpaired) electrons. The Kier molecular flexibility index (Phi) is 23.3. The molecule has 67 heavy (non-hydrogen) atoms. The molecule has 374 valence electrons. The van der Waals surface area contributed by atoms with Gasteiger partial charge in [-0.15, -0.1) is 4.52 Å². The van der Waals surface area contributed by atoms with Crippen LogP contribution in [-0.2, 0) is 58.4 Å². The molecule has 2 saturated heterocycles. The third-order valence-electron chi connectivity index (χ3n) is 14.6. The highest BCUT2D eigenvalue weighted by molar-refractivity contribution is 7.40. The molecule has 2 bridgehead atoms. The van der Waals surface area contributed by atoms with Crippen LogP contribution in [-0.4, -0.2) is 154 Å². The molecule has 3 aliphatic rings. The third kappa shape index (κ3) is 15.1. The molecule has 18 heteroatoms. The minimum atomic E-state index is -2.10. The number of ketones is 2. The van der Waals surface area contributed by atoms with Gasteiger partial charge < -0.3 is 33.6 Å². The molecule has 2 heterocycles. The first-order valence-electron chi connectivity index (χ1n) is 24.3. The lowest BCUT2D eigenvalue weighted by Gasteiger charge is -2.41. The predicted molar refractivity (Wildman–Crippen MR) is 254 cm³/mol. The van der Waals surface area contributed by atoms with E-state index in [9.17, 15) is 28.5 Å². The smallest absolute Gasteiger partial charge is 0.379 e. The second-order valence-corrected chi connectivity index (χ2v) is 20.7. The molecule has 0 aromatic heterocycles. The van der Waals surface area contributed by atoms with Gasteiger partial charge in [0.15, 0.2) is 11.4 Å². The highest BCUT2D eigenvalue weighted by Crippen LogP contribution is 2.44. The topological polar surface area (TPSA) is 207 Å². The molecule has 1 aromatic carbocycles. The number of hydrogen-bond acceptors (Lipinski definition) is 12. The molecule has 3 fully saturated rings. The summed E-state index contributed by atoms with van der Waals surface area (Å²) in [6.07, 6.45) is 3.87. The molecule has 1 unspecified atom stereocenters. The Labute approximate surface area is 399 Å². The Morgan fingerprint density at radius 3 is 2.24 bits per heavy atom. The predicted octanol–water partition coefficient (Wildman–Crippen LogP) is 7.21. The molecule has 17 nitrogen and oxygen atoms in total. The van der Waals surface area contributed by atoms with Crippen molar-refractivity contribution in [3.63, 3.8) is 0 Å². The van der Waals surface area contributed by atoms with Gasteiger partial charge in [-0.3, -0.25) is 24.0 Å². The largest absolute Gasteiger partial charge is 0.511 e. The average Bonchev–Trinajstić information content (AvgIpc) is 4.10. The molecule has 12 atom stereocenters. The summed E-state index contributed by atoms with van der Waals surface area (Å²) in [6, 6.07) is 8.13. The van der Waals surface area contributed by atoms with Gasteiger partial charge in [0.25, 0.3) is 0 Å². The maximum atomic E-state index is 14.7. The molecular weight excluding hydrogens is 880 g/mol. The van der Waals surface area contributed by atoms with E-state index < -0.39 is 49.8 Å². The Hall–Kier alpha value is -3.82. The first-order valence-corrected chi connectivity index (χ1v) is 25.6. The number of carbonyl (C=O) groups is 5. The first-order chi connectivity index (χ1) is 32.1. The van der Waals surface area contributed by atoms with Crippen LogP contribution in [0.5, 0.6) is 0 Å². The van der Waals surface area contributed by atoms with Gasteiger partial charge in [-0.05, 0) is 65.5 Å². The maximum Gasteiger partial charge on any atom is 0.511 e. The standard InChI is InChI=1S/C49H78N6O11P/c1-10-33(4)46(43(62-7)31-45(59)54-22-14-17-40(54)48(63-8)34(5)41(56)29-38(67(61)64-9)27-35-15-12-11-13-16-35)53(6)49(60)39(32(2)3)30-42(57)47-36-18-19-37(28-36)55(47)44(58)20-23-65-25-26-66-24-21-51-52-50/h11-13,15-16,32-34,36-40,43,46-48H,10,14,17-31H2,1-9H3/q+1/t33-,34-,36-,37+,38+,39-,40-,43+,46-,47-,48+/m0/s1. The summed E-state index contributed by atoms with van der Waals surface area (Å²) >= 11 is 0. The van der Waals surface area contributed by atoms with Crippen molar-refractivity contribution in [2.24, 2.45) is 34.7 Å². The molecule has 1 aromatic rings. The summed E-state index contributed by atoms with van der Waals surface area (Å²) in [5.41, 5.74) is 8.83. The van der Waals surface area contributed by atoms with Crippen molar-refractivity contribution in [2.45, 2.75) is 147 Å². The number of benzene rings is 1. The number of azide groups is 1. The summed E-state index contributed by atoms with van der Waals surface area (Å²) in [7, 11) is 4.14. The van der Waals surface area contributed by atoms with Gasteiger partial charge in [0, 0.05) is 70.0 Å². The molecule has 1 aliphatic carbocycles. The zero-order chi connectivity index (χ0) is 49.2. The molecule has 2 aliphatic heterocycles. The van der Waals surface area contributed by atoms with Crippen molar-refractivity contribution in [1.82, 2.24) is 14.7 Å². The van der Waals surface area contributed by atoms with Gasteiger partial charge in [-0.25, -0.2) is 0 Å². The lowest BCUT2D eigenvalue weighted by Crippen LogP contribution is -2.54. The number of fused-ring (bicyclic) bond motifs is 2. The number of likely N-dealkylation sites (N-methyl/N-ethyl adjacent to an activating group) is 1. The number of rotatable bonds is 31. The number of carbonyl (C=O) groups excluding carboxylic acids is 5. The minimum Gasteiger partial charge on any atom is -0.379 e. The number of ether oxygens (including phenoxy) is 4. The van der Waals surface area contributed by atoms with Crippen LogP contribution >= 0.6 is 8.03 Å². The van der Waals surface area contributed by atoms with Gasteiger partial charge in [0.1, 0.15) is 5.78 Å². The van der Waals surface area contributed by atoms with Crippen LogP contribution in [0.2, 0.25) is 0 Å². The van der Waals surface area contributed by atoms with Gasteiger partial charge in [0.05, 0.1) is 83.1 Å². The molecule has 3 amide bonds. The fourth-order valence-corrected chi connectivity index (χ4v) is 11.7. The second-order valence-electron chi connectivity index (χ2n) is 19.0. The van der Waals surface area contributed by atoms with E-state index in [-0.39, 0.29) is 111 Å². The van der Waals surface area contributed by atoms with E-state index in [1.807, 2.05) is 65.0 Å². The number of likely N-dealkylation sites (tertiary alicyclic amines) is 2. The van der Waals surface area contributed by atoms with Crippen LogP contribution in [0.25, 0.3) is 10.4 Å². The Bertz CT molecular complexity index is 1830. The molecule has 0 N–H and O–H groups in total. The van der Waals surface area contributed by atoms with E-state index in [1.54, 1.807) is 36.0 Å². The average molecular weight is 958 g/mol. The van der Waals surface area contributed by atoms with E-state index in [4.69, 9.17) is 29.0 Å². The lowest BCUT2D eigenvalue weighted by atomic mass is 9.83. The minimum absolute atomic E-state index is 0.00645. The van der Waals surface area contributed by atoms with E-state index in [0.29, 0.717) is 32.4 Å². The van der Waals surface area contributed by atoms with Crippen LogP contribution in [0.1, 0.15) is 104 Å². The second kappa shape index (κ2) is 28.0. The highest BCUT2D eigenvalue weighted by atomic mass is 31.1. The van der Waals surface area contributed by atoms with Gasteiger partial charge in [-0.2, -0.15) is 0 Å². The fourth-order valence-electron chi connectivity index (χ4n) is 10.7. The van der Waals surface area contributed by atoms with Crippen molar-refractivity contribution in [3.8, 4) is 0 Å². The van der Waals surface area contributed by atoms with Crippen molar-refractivity contribution < 1.29 is 52.0 Å². The number of methoxy groups -OCH3 is 2. The van der Waals surface area contributed by atoms with Crippen LogP contribution in [0.15, 0.2) is 35.4 Å². The number of amides is 3.